The number of hydrogen-bond acceptors (Lipinski definition) is 1. The second kappa shape index (κ2) is 5.23. The first kappa shape index (κ1) is 13.0. The van der Waals surface area contributed by atoms with Crippen molar-refractivity contribution < 1.29 is 4.74 Å². The summed E-state index contributed by atoms with van der Waals surface area (Å²) in [6, 6.07) is 17.1. The molecular formula is C18H16BrNO. The molecule has 0 radical (unpaired) electrons. The molecule has 1 aliphatic heterocycles. The summed E-state index contributed by atoms with van der Waals surface area (Å²) in [6.07, 6.45) is 3.27. The highest BCUT2D eigenvalue weighted by molar-refractivity contribution is 9.10. The molecule has 1 unspecified atom stereocenters. The van der Waals surface area contributed by atoms with Gasteiger partial charge in [-0.15, -0.1) is 0 Å². The molecule has 21 heavy (non-hydrogen) atoms. The fraction of sp³-hybridized carbons (Fsp3) is 0.222. The number of fused-ring (bicyclic) bond motifs is 2. The van der Waals surface area contributed by atoms with Gasteiger partial charge in [-0.25, -0.2) is 0 Å². The molecule has 0 amide bonds. The Morgan fingerprint density at radius 2 is 2.05 bits per heavy atom. The van der Waals surface area contributed by atoms with Crippen molar-refractivity contribution in [1.29, 1.82) is 0 Å². The molecule has 0 spiro atoms. The van der Waals surface area contributed by atoms with E-state index in [1.807, 2.05) is 6.07 Å². The summed E-state index contributed by atoms with van der Waals surface area (Å²) in [7, 11) is 0. The molecule has 0 N–H and O–H groups in total. The highest BCUT2D eigenvalue weighted by atomic mass is 79.9. The minimum absolute atomic E-state index is 0.522. The molecule has 1 aromatic heterocycles. The van der Waals surface area contributed by atoms with E-state index >= 15 is 0 Å². The van der Waals surface area contributed by atoms with Gasteiger partial charge in [-0.2, -0.15) is 0 Å². The number of halogens is 1. The Hall–Kier alpha value is -1.74. The predicted molar refractivity (Wildman–Crippen MR) is 88.9 cm³/mol. The Labute approximate surface area is 132 Å². The number of para-hydroxylation sites is 1. The molecule has 2 nitrogen and oxygen atoms in total. The maximum atomic E-state index is 5.76. The van der Waals surface area contributed by atoms with Gasteiger partial charge in [0.05, 0.1) is 6.61 Å². The molecule has 0 bridgehead atoms. The summed E-state index contributed by atoms with van der Waals surface area (Å²) >= 11 is 3.54. The van der Waals surface area contributed by atoms with E-state index < -0.39 is 0 Å². The van der Waals surface area contributed by atoms with Crippen molar-refractivity contribution >= 4 is 26.8 Å². The van der Waals surface area contributed by atoms with E-state index in [9.17, 15) is 0 Å². The van der Waals surface area contributed by atoms with Crippen LogP contribution in [-0.2, 0) is 6.54 Å². The highest BCUT2D eigenvalue weighted by Crippen LogP contribution is 2.35. The topological polar surface area (TPSA) is 14.2 Å². The number of rotatable bonds is 2. The molecular weight excluding hydrogens is 326 g/mol. The molecule has 0 saturated carbocycles. The van der Waals surface area contributed by atoms with Gasteiger partial charge in [0.25, 0.3) is 0 Å². The van der Waals surface area contributed by atoms with Crippen molar-refractivity contribution in [2.75, 3.05) is 6.61 Å². The number of benzene rings is 2. The zero-order valence-corrected chi connectivity index (χ0v) is 13.2. The molecule has 0 aliphatic carbocycles. The maximum absolute atomic E-state index is 5.76. The van der Waals surface area contributed by atoms with E-state index in [1.54, 1.807) is 0 Å². The Balaban J connectivity index is 1.70. The van der Waals surface area contributed by atoms with Crippen LogP contribution in [0.15, 0.2) is 59.2 Å². The van der Waals surface area contributed by atoms with E-state index in [0.717, 1.165) is 29.8 Å². The lowest BCUT2D eigenvalue weighted by atomic mass is 9.93. The average Bonchev–Trinajstić information content (AvgIpc) is 2.90. The van der Waals surface area contributed by atoms with Gasteiger partial charge in [-0.3, -0.25) is 0 Å². The molecule has 2 aromatic carbocycles. The van der Waals surface area contributed by atoms with Gasteiger partial charge in [0.2, 0.25) is 0 Å². The van der Waals surface area contributed by atoms with Crippen molar-refractivity contribution in [1.82, 2.24) is 4.57 Å². The second-order valence-corrected chi connectivity index (χ2v) is 6.46. The molecule has 3 heteroatoms. The molecule has 106 valence electrons. The Kier molecular flexibility index (Phi) is 3.23. The first-order chi connectivity index (χ1) is 10.3. The summed E-state index contributed by atoms with van der Waals surface area (Å²) in [4.78, 5) is 0. The zero-order valence-electron chi connectivity index (χ0n) is 11.6. The minimum atomic E-state index is 0.522. The minimum Gasteiger partial charge on any atom is -0.493 e. The van der Waals surface area contributed by atoms with E-state index in [2.05, 4.69) is 69.2 Å². The number of nitrogens with zero attached hydrogens (tertiary/aromatic N) is 1. The van der Waals surface area contributed by atoms with Gasteiger partial charge >= 0.3 is 0 Å². The summed E-state index contributed by atoms with van der Waals surface area (Å²) in [5.41, 5.74) is 2.63. The third kappa shape index (κ3) is 2.36. The van der Waals surface area contributed by atoms with E-state index in [-0.39, 0.29) is 0 Å². The third-order valence-corrected chi connectivity index (χ3v) is 4.73. The quantitative estimate of drug-likeness (QED) is 0.641. The molecule has 0 saturated heterocycles. The monoisotopic (exact) mass is 341 g/mol. The first-order valence-corrected chi connectivity index (χ1v) is 8.07. The van der Waals surface area contributed by atoms with Crippen molar-refractivity contribution in [3.8, 4) is 5.75 Å². The van der Waals surface area contributed by atoms with E-state index in [4.69, 9.17) is 4.74 Å². The summed E-state index contributed by atoms with van der Waals surface area (Å²) in [5.74, 6) is 1.57. The third-order valence-electron chi connectivity index (χ3n) is 4.23. The fourth-order valence-electron chi connectivity index (χ4n) is 3.17. The zero-order chi connectivity index (χ0) is 14.2. The highest BCUT2D eigenvalue weighted by Gasteiger charge is 2.21. The van der Waals surface area contributed by atoms with Gasteiger partial charge in [0.1, 0.15) is 5.75 Å². The molecule has 3 aromatic rings. The Morgan fingerprint density at radius 3 is 3.00 bits per heavy atom. The number of hydrogen-bond donors (Lipinski definition) is 0. The Morgan fingerprint density at radius 1 is 1.14 bits per heavy atom. The van der Waals surface area contributed by atoms with Crippen molar-refractivity contribution in [3.05, 3.63) is 64.8 Å². The lowest BCUT2D eigenvalue weighted by Gasteiger charge is -2.26. The standard InChI is InChI=1S/C18H16BrNO/c19-15-5-6-17-13(11-15)7-9-20(17)12-14-8-10-21-18-4-2-1-3-16(14)18/h1-7,9,11,14H,8,10,12H2. The molecule has 1 atom stereocenters. The van der Waals surface area contributed by atoms with Crippen LogP contribution < -0.4 is 4.74 Å². The normalized spacial score (nSPS) is 17.5. The molecule has 4 rings (SSSR count). The fourth-order valence-corrected chi connectivity index (χ4v) is 3.55. The maximum Gasteiger partial charge on any atom is 0.122 e. The lowest BCUT2D eigenvalue weighted by molar-refractivity contribution is 0.259. The van der Waals surface area contributed by atoms with Crippen LogP contribution >= 0.6 is 15.9 Å². The van der Waals surface area contributed by atoms with Gasteiger partial charge in [0, 0.05) is 34.0 Å². The van der Waals surface area contributed by atoms with Crippen LogP contribution in [0.4, 0.5) is 0 Å². The van der Waals surface area contributed by atoms with Crippen LogP contribution in [0.25, 0.3) is 10.9 Å². The van der Waals surface area contributed by atoms with Gasteiger partial charge in [0.15, 0.2) is 0 Å². The van der Waals surface area contributed by atoms with Gasteiger partial charge in [-0.1, -0.05) is 34.1 Å². The second-order valence-electron chi connectivity index (χ2n) is 5.54. The van der Waals surface area contributed by atoms with Gasteiger partial charge in [-0.05, 0) is 42.3 Å². The predicted octanol–water partition coefficient (Wildman–Crippen LogP) is 4.97. The van der Waals surface area contributed by atoms with E-state index in [0.29, 0.717) is 5.92 Å². The van der Waals surface area contributed by atoms with Gasteiger partial charge < -0.3 is 9.30 Å². The van der Waals surface area contributed by atoms with Crippen LogP contribution in [0.2, 0.25) is 0 Å². The van der Waals surface area contributed by atoms with Crippen molar-refractivity contribution in [3.63, 3.8) is 0 Å². The van der Waals surface area contributed by atoms with Crippen LogP contribution in [0, 0.1) is 0 Å². The van der Waals surface area contributed by atoms with E-state index in [1.165, 1.54) is 16.5 Å². The number of aromatic nitrogens is 1. The van der Waals surface area contributed by atoms with Crippen LogP contribution in [0.1, 0.15) is 17.9 Å². The van der Waals surface area contributed by atoms with Crippen LogP contribution in [-0.4, -0.2) is 11.2 Å². The van der Waals surface area contributed by atoms with Crippen LogP contribution in [0.3, 0.4) is 0 Å². The Bertz CT molecular complexity index is 793. The molecule has 0 fully saturated rings. The SMILES string of the molecule is Brc1ccc2c(ccn2CC2CCOc3ccccc32)c1. The molecule has 1 aliphatic rings. The lowest BCUT2D eigenvalue weighted by Crippen LogP contribution is -2.18. The first-order valence-electron chi connectivity index (χ1n) is 7.27. The summed E-state index contributed by atoms with van der Waals surface area (Å²) < 4.78 is 9.25. The van der Waals surface area contributed by atoms with Crippen molar-refractivity contribution in [2.24, 2.45) is 0 Å². The molecule has 2 heterocycles. The summed E-state index contributed by atoms with van der Waals surface area (Å²) in [5, 5.41) is 1.28. The average molecular weight is 342 g/mol. The summed E-state index contributed by atoms with van der Waals surface area (Å²) in [6.45, 7) is 1.82. The number of ether oxygens (including phenoxy) is 1. The van der Waals surface area contributed by atoms with Crippen LogP contribution in [0.5, 0.6) is 5.75 Å². The van der Waals surface area contributed by atoms with Crippen molar-refractivity contribution in [2.45, 2.75) is 18.9 Å². The smallest absolute Gasteiger partial charge is 0.122 e. The largest absolute Gasteiger partial charge is 0.493 e.